The third-order valence-electron chi connectivity index (χ3n) is 4.71. The first-order valence-electron chi connectivity index (χ1n) is 9.70. The summed E-state index contributed by atoms with van der Waals surface area (Å²) < 4.78 is 0. The van der Waals surface area contributed by atoms with Crippen LogP contribution >= 0.6 is 0 Å². The second-order valence-electron chi connectivity index (χ2n) is 7.02. The van der Waals surface area contributed by atoms with Crippen molar-refractivity contribution in [3.05, 3.63) is 35.9 Å². The van der Waals surface area contributed by atoms with Crippen LogP contribution in [0.2, 0.25) is 0 Å². The molecule has 0 radical (unpaired) electrons. The second kappa shape index (κ2) is 12.6. The highest BCUT2D eigenvalue weighted by Crippen LogP contribution is 2.05. The Labute approximate surface area is 175 Å². The lowest BCUT2D eigenvalue weighted by Gasteiger charge is -2.21. The van der Waals surface area contributed by atoms with Gasteiger partial charge in [0.05, 0.1) is 19.2 Å². The molecule has 4 unspecified atom stereocenters. The van der Waals surface area contributed by atoms with E-state index in [0.717, 1.165) is 0 Å². The van der Waals surface area contributed by atoms with E-state index >= 15 is 0 Å². The van der Waals surface area contributed by atoms with Gasteiger partial charge in [-0.05, 0) is 11.5 Å². The Balaban J connectivity index is 2.60. The number of carbonyl (C=O) groups is 4. The predicted molar refractivity (Wildman–Crippen MR) is 109 cm³/mol. The molecule has 0 aliphatic heterocycles. The number of amides is 3. The standard InChI is InChI=1S/C20H30N4O6/c1-3-12(2)17(21)19(28)22-10-16(26)23-15(11-25)18(27)24-14(20(29)30)9-13-7-5-4-6-8-13/h4-8,12,14-15,17,25H,3,9-11,21H2,1-2H3,(H,22,28)(H,23,26)(H,24,27)(H,29,30). The van der Waals surface area contributed by atoms with Gasteiger partial charge in [0.15, 0.2) is 0 Å². The lowest BCUT2D eigenvalue weighted by atomic mass is 9.99. The quantitative estimate of drug-likeness (QED) is 0.245. The van der Waals surface area contributed by atoms with Crippen molar-refractivity contribution in [3.8, 4) is 0 Å². The monoisotopic (exact) mass is 422 g/mol. The molecule has 0 heterocycles. The SMILES string of the molecule is CCC(C)C(N)C(=O)NCC(=O)NC(CO)C(=O)NC(Cc1ccccc1)C(=O)O. The van der Waals surface area contributed by atoms with Gasteiger partial charge in [-0.15, -0.1) is 0 Å². The first kappa shape index (κ1) is 25.1. The average Bonchev–Trinajstić information content (AvgIpc) is 2.74. The number of carboxylic acid groups (broad SMARTS) is 1. The van der Waals surface area contributed by atoms with Gasteiger partial charge >= 0.3 is 5.97 Å². The fourth-order valence-electron chi connectivity index (χ4n) is 2.56. The topological polar surface area (TPSA) is 171 Å². The highest BCUT2D eigenvalue weighted by molar-refractivity contribution is 5.92. The Morgan fingerprint density at radius 3 is 2.20 bits per heavy atom. The highest BCUT2D eigenvalue weighted by Gasteiger charge is 2.27. The van der Waals surface area contributed by atoms with E-state index in [2.05, 4.69) is 16.0 Å². The first-order valence-corrected chi connectivity index (χ1v) is 9.70. The normalized spacial score (nSPS) is 14.7. The number of nitrogens with one attached hydrogen (secondary N) is 3. The van der Waals surface area contributed by atoms with Crippen LogP contribution in [0.3, 0.4) is 0 Å². The molecule has 30 heavy (non-hydrogen) atoms. The van der Waals surface area contributed by atoms with Crippen LogP contribution in [-0.2, 0) is 25.6 Å². The molecule has 10 nitrogen and oxygen atoms in total. The van der Waals surface area contributed by atoms with Crippen molar-refractivity contribution in [3.63, 3.8) is 0 Å². The number of aliphatic hydroxyl groups is 1. The number of rotatable bonds is 12. The van der Waals surface area contributed by atoms with Crippen LogP contribution in [-0.4, -0.2) is 65.2 Å². The summed E-state index contributed by atoms with van der Waals surface area (Å²) in [5.41, 5.74) is 6.48. The molecular weight excluding hydrogens is 392 g/mol. The molecule has 4 atom stereocenters. The number of hydrogen-bond donors (Lipinski definition) is 6. The minimum atomic E-state index is -1.37. The van der Waals surface area contributed by atoms with Crippen LogP contribution in [0.25, 0.3) is 0 Å². The fourth-order valence-corrected chi connectivity index (χ4v) is 2.56. The first-order chi connectivity index (χ1) is 14.2. The molecule has 0 saturated carbocycles. The van der Waals surface area contributed by atoms with E-state index < -0.39 is 55.0 Å². The maximum Gasteiger partial charge on any atom is 0.326 e. The molecule has 1 aromatic carbocycles. The molecular formula is C20H30N4O6. The Morgan fingerprint density at radius 1 is 1.03 bits per heavy atom. The van der Waals surface area contributed by atoms with Crippen molar-refractivity contribution in [2.24, 2.45) is 11.7 Å². The van der Waals surface area contributed by atoms with Crippen LogP contribution in [0, 0.1) is 5.92 Å². The number of carbonyl (C=O) groups excluding carboxylic acids is 3. The summed E-state index contributed by atoms with van der Waals surface area (Å²) in [6, 6.07) is 5.34. The molecule has 0 saturated heterocycles. The van der Waals surface area contributed by atoms with Crippen LogP contribution in [0.15, 0.2) is 30.3 Å². The molecule has 1 aromatic rings. The van der Waals surface area contributed by atoms with E-state index in [1.54, 1.807) is 30.3 Å². The molecule has 0 aromatic heterocycles. The Hall–Kier alpha value is -2.98. The summed E-state index contributed by atoms with van der Waals surface area (Å²) >= 11 is 0. The largest absolute Gasteiger partial charge is 0.480 e. The number of aliphatic carboxylic acids is 1. The highest BCUT2D eigenvalue weighted by atomic mass is 16.4. The summed E-state index contributed by atoms with van der Waals surface area (Å²) in [4.78, 5) is 47.7. The third kappa shape index (κ3) is 8.18. The maximum atomic E-state index is 12.3. The van der Waals surface area contributed by atoms with Gasteiger partial charge in [0.25, 0.3) is 0 Å². The molecule has 1 rings (SSSR count). The zero-order chi connectivity index (χ0) is 22.7. The van der Waals surface area contributed by atoms with Crippen LogP contribution in [0.4, 0.5) is 0 Å². The van der Waals surface area contributed by atoms with Crippen LogP contribution in [0.5, 0.6) is 0 Å². The van der Waals surface area contributed by atoms with Gasteiger partial charge in [0.2, 0.25) is 17.7 Å². The smallest absolute Gasteiger partial charge is 0.326 e. The number of carboxylic acids is 1. The summed E-state index contributed by atoms with van der Waals surface area (Å²) in [7, 11) is 0. The van der Waals surface area contributed by atoms with E-state index in [0.29, 0.717) is 12.0 Å². The Morgan fingerprint density at radius 2 is 1.67 bits per heavy atom. The Kier molecular flexibility index (Phi) is 10.5. The van der Waals surface area contributed by atoms with Crippen molar-refractivity contribution in [2.75, 3.05) is 13.2 Å². The molecule has 166 valence electrons. The minimum absolute atomic E-state index is 0.0393. The minimum Gasteiger partial charge on any atom is -0.480 e. The zero-order valence-corrected chi connectivity index (χ0v) is 17.1. The van der Waals surface area contributed by atoms with E-state index in [1.807, 2.05) is 13.8 Å². The van der Waals surface area contributed by atoms with Crippen molar-refractivity contribution in [1.29, 1.82) is 0 Å². The summed E-state index contributed by atoms with van der Waals surface area (Å²) in [6.45, 7) is 2.52. The number of aliphatic hydroxyl groups excluding tert-OH is 1. The van der Waals surface area contributed by atoms with E-state index in [9.17, 15) is 29.4 Å². The van der Waals surface area contributed by atoms with Gasteiger partial charge in [-0.25, -0.2) is 4.79 Å². The summed E-state index contributed by atoms with van der Waals surface area (Å²) in [5, 5.41) is 25.7. The van der Waals surface area contributed by atoms with Gasteiger partial charge in [-0.1, -0.05) is 50.6 Å². The lowest BCUT2D eigenvalue weighted by Crippen LogP contribution is -2.55. The van der Waals surface area contributed by atoms with Gasteiger partial charge < -0.3 is 31.9 Å². The van der Waals surface area contributed by atoms with Crippen molar-refractivity contribution >= 4 is 23.7 Å². The zero-order valence-electron chi connectivity index (χ0n) is 17.1. The van der Waals surface area contributed by atoms with Crippen molar-refractivity contribution in [2.45, 2.75) is 44.8 Å². The van der Waals surface area contributed by atoms with E-state index in [4.69, 9.17) is 5.73 Å². The lowest BCUT2D eigenvalue weighted by molar-refractivity contribution is -0.142. The van der Waals surface area contributed by atoms with E-state index in [-0.39, 0.29) is 12.3 Å². The third-order valence-corrected chi connectivity index (χ3v) is 4.71. The molecule has 7 N–H and O–H groups in total. The summed E-state index contributed by atoms with van der Waals surface area (Å²) in [6.07, 6.45) is 0.735. The average molecular weight is 422 g/mol. The van der Waals surface area contributed by atoms with Gasteiger partial charge in [-0.2, -0.15) is 0 Å². The van der Waals surface area contributed by atoms with E-state index in [1.165, 1.54) is 0 Å². The second-order valence-corrected chi connectivity index (χ2v) is 7.02. The molecule has 0 bridgehead atoms. The fraction of sp³-hybridized carbons (Fsp3) is 0.500. The maximum absolute atomic E-state index is 12.3. The molecule has 0 aliphatic rings. The van der Waals surface area contributed by atoms with Gasteiger partial charge in [0.1, 0.15) is 12.1 Å². The van der Waals surface area contributed by atoms with Crippen LogP contribution in [0.1, 0.15) is 25.8 Å². The molecule has 0 spiro atoms. The van der Waals surface area contributed by atoms with Gasteiger partial charge in [-0.3, -0.25) is 14.4 Å². The number of nitrogens with two attached hydrogens (primary N) is 1. The van der Waals surface area contributed by atoms with Gasteiger partial charge in [0, 0.05) is 6.42 Å². The van der Waals surface area contributed by atoms with Crippen molar-refractivity contribution < 1.29 is 29.4 Å². The van der Waals surface area contributed by atoms with Crippen LogP contribution < -0.4 is 21.7 Å². The molecule has 10 heteroatoms. The molecule has 0 fully saturated rings. The molecule has 3 amide bonds. The summed E-state index contributed by atoms with van der Waals surface area (Å²) in [5.74, 6) is -3.39. The number of benzene rings is 1. The Bertz CT molecular complexity index is 727. The molecule has 0 aliphatic carbocycles. The predicted octanol–water partition coefficient (Wildman–Crippen LogP) is -1.23. The number of hydrogen-bond acceptors (Lipinski definition) is 6. The van der Waals surface area contributed by atoms with Crippen molar-refractivity contribution in [1.82, 2.24) is 16.0 Å².